The molecule has 0 aliphatic rings. The zero-order valence-electron chi connectivity index (χ0n) is 11.8. The molecule has 7 nitrogen and oxygen atoms in total. The summed E-state index contributed by atoms with van der Waals surface area (Å²) >= 11 is 5.74. The van der Waals surface area contributed by atoms with Gasteiger partial charge in [0, 0.05) is 5.02 Å². The van der Waals surface area contributed by atoms with Crippen LogP contribution in [0.25, 0.3) is 5.57 Å². The molecule has 2 amide bonds. The van der Waals surface area contributed by atoms with E-state index < -0.39 is 28.1 Å². The number of benzene rings is 1. The Morgan fingerprint density at radius 3 is 2.32 bits per heavy atom. The molecule has 0 aromatic heterocycles. The summed E-state index contributed by atoms with van der Waals surface area (Å²) in [7, 11) is -4.06. The minimum atomic E-state index is -4.06. The third-order valence-corrected chi connectivity index (χ3v) is 3.97. The third kappa shape index (κ3) is 5.74. The van der Waals surface area contributed by atoms with Gasteiger partial charge in [0.2, 0.25) is 0 Å². The standard InChI is InChI=1S/C13H15ClN2O5S/c1-8(10-3-5-11(14)6-4-10)7-22(20,21)16-13(19)15-9(2)12(17)18/h3-7,9H,1-2H3,(H,17,18)(H2,15,16,19). The maximum absolute atomic E-state index is 11.8. The van der Waals surface area contributed by atoms with E-state index in [9.17, 15) is 18.0 Å². The highest BCUT2D eigenvalue weighted by molar-refractivity contribution is 7.93. The van der Waals surface area contributed by atoms with Crippen LogP contribution in [-0.2, 0) is 14.8 Å². The van der Waals surface area contributed by atoms with Gasteiger partial charge in [-0.15, -0.1) is 0 Å². The number of rotatable bonds is 5. The number of aliphatic carboxylic acids is 1. The second-order valence-electron chi connectivity index (χ2n) is 4.49. The highest BCUT2D eigenvalue weighted by Crippen LogP contribution is 2.17. The molecule has 0 saturated heterocycles. The Kier molecular flexibility index (Phi) is 5.95. The van der Waals surface area contributed by atoms with Crippen LogP contribution in [0.15, 0.2) is 29.7 Å². The van der Waals surface area contributed by atoms with E-state index in [-0.39, 0.29) is 0 Å². The van der Waals surface area contributed by atoms with Gasteiger partial charge in [-0.2, -0.15) is 0 Å². The van der Waals surface area contributed by atoms with Crippen molar-refractivity contribution in [1.82, 2.24) is 10.0 Å². The molecule has 1 rings (SSSR count). The van der Waals surface area contributed by atoms with E-state index in [1.54, 1.807) is 35.9 Å². The topological polar surface area (TPSA) is 113 Å². The smallest absolute Gasteiger partial charge is 0.329 e. The number of carboxylic acid groups (broad SMARTS) is 1. The van der Waals surface area contributed by atoms with E-state index in [0.29, 0.717) is 16.2 Å². The van der Waals surface area contributed by atoms with Gasteiger partial charge < -0.3 is 10.4 Å². The van der Waals surface area contributed by atoms with Gasteiger partial charge in [-0.3, -0.25) is 4.79 Å². The Hall–Kier alpha value is -2.06. The van der Waals surface area contributed by atoms with Crippen molar-refractivity contribution in [2.45, 2.75) is 19.9 Å². The first kappa shape index (κ1) is 18.0. The van der Waals surface area contributed by atoms with Gasteiger partial charge >= 0.3 is 12.0 Å². The van der Waals surface area contributed by atoms with Gasteiger partial charge in [0.15, 0.2) is 0 Å². The van der Waals surface area contributed by atoms with Crippen molar-refractivity contribution in [3.05, 3.63) is 40.3 Å². The van der Waals surface area contributed by atoms with Crippen molar-refractivity contribution in [3.63, 3.8) is 0 Å². The fourth-order valence-electron chi connectivity index (χ4n) is 1.46. The molecule has 9 heteroatoms. The van der Waals surface area contributed by atoms with Gasteiger partial charge in [-0.1, -0.05) is 23.7 Å². The summed E-state index contributed by atoms with van der Waals surface area (Å²) in [5, 5.41) is 12.0. The van der Waals surface area contributed by atoms with Crippen LogP contribution in [0, 0.1) is 0 Å². The number of allylic oxidation sites excluding steroid dienone is 1. The molecular weight excluding hydrogens is 332 g/mol. The van der Waals surface area contributed by atoms with Crippen LogP contribution in [0.1, 0.15) is 19.4 Å². The van der Waals surface area contributed by atoms with Crippen molar-refractivity contribution < 1.29 is 23.1 Å². The SMILES string of the molecule is CC(=CS(=O)(=O)NC(=O)NC(C)C(=O)O)c1ccc(Cl)cc1. The van der Waals surface area contributed by atoms with Crippen LogP contribution < -0.4 is 10.0 Å². The molecule has 1 atom stereocenters. The molecule has 0 bridgehead atoms. The van der Waals surface area contributed by atoms with E-state index in [1.165, 1.54) is 6.92 Å². The lowest BCUT2D eigenvalue weighted by Crippen LogP contribution is -2.45. The number of carbonyl (C=O) groups is 2. The van der Waals surface area contributed by atoms with Crippen LogP contribution in [0.4, 0.5) is 4.79 Å². The molecule has 0 aliphatic carbocycles. The van der Waals surface area contributed by atoms with Crippen LogP contribution >= 0.6 is 11.6 Å². The van der Waals surface area contributed by atoms with Crippen molar-refractivity contribution >= 4 is 39.2 Å². The number of halogens is 1. The summed E-state index contributed by atoms with van der Waals surface area (Å²) < 4.78 is 25.4. The molecule has 0 fully saturated rings. The number of nitrogens with one attached hydrogen (secondary N) is 2. The van der Waals surface area contributed by atoms with Crippen LogP contribution in [0.5, 0.6) is 0 Å². The van der Waals surface area contributed by atoms with Crippen molar-refractivity contribution in [2.75, 3.05) is 0 Å². The van der Waals surface area contributed by atoms with Crippen LogP contribution in [0.2, 0.25) is 5.02 Å². The molecule has 120 valence electrons. The number of carbonyl (C=O) groups excluding carboxylic acids is 1. The van der Waals surface area contributed by atoms with E-state index in [0.717, 1.165) is 5.41 Å². The molecular formula is C13H15ClN2O5S. The van der Waals surface area contributed by atoms with Gasteiger partial charge in [0.05, 0.1) is 5.41 Å². The quantitative estimate of drug-likeness (QED) is 0.752. The molecule has 0 spiro atoms. The van der Waals surface area contributed by atoms with Crippen LogP contribution in [0.3, 0.4) is 0 Å². The molecule has 1 aromatic rings. The summed E-state index contributed by atoms with van der Waals surface area (Å²) in [6.07, 6.45) is 0. The lowest BCUT2D eigenvalue weighted by atomic mass is 10.1. The molecule has 0 heterocycles. The number of amides is 2. The molecule has 1 unspecified atom stereocenters. The number of hydrogen-bond donors (Lipinski definition) is 3. The minimum absolute atomic E-state index is 0.392. The van der Waals surface area contributed by atoms with E-state index in [2.05, 4.69) is 0 Å². The second kappa shape index (κ2) is 7.28. The average Bonchev–Trinajstić information content (AvgIpc) is 2.37. The summed E-state index contributed by atoms with van der Waals surface area (Å²) in [5.41, 5.74) is 1.01. The molecule has 0 aliphatic heterocycles. The normalized spacial score (nSPS) is 13.3. The largest absolute Gasteiger partial charge is 0.480 e. The van der Waals surface area contributed by atoms with Crippen LogP contribution in [-0.4, -0.2) is 31.6 Å². The molecule has 1 aromatic carbocycles. The first-order valence-electron chi connectivity index (χ1n) is 6.11. The first-order valence-corrected chi connectivity index (χ1v) is 8.03. The Morgan fingerprint density at radius 2 is 1.82 bits per heavy atom. The molecule has 0 saturated carbocycles. The highest BCUT2D eigenvalue weighted by atomic mass is 35.5. The maximum atomic E-state index is 11.8. The van der Waals surface area contributed by atoms with Crippen molar-refractivity contribution in [3.8, 4) is 0 Å². The van der Waals surface area contributed by atoms with E-state index >= 15 is 0 Å². The maximum Gasteiger partial charge on any atom is 0.329 e. The third-order valence-electron chi connectivity index (χ3n) is 2.58. The number of sulfonamides is 1. The number of urea groups is 1. The second-order valence-corrected chi connectivity index (χ2v) is 6.45. The lowest BCUT2D eigenvalue weighted by molar-refractivity contribution is -0.138. The summed E-state index contributed by atoms with van der Waals surface area (Å²) in [6, 6.07) is 4.16. The lowest BCUT2D eigenvalue weighted by Gasteiger charge is -2.10. The summed E-state index contributed by atoms with van der Waals surface area (Å²) in [5.74, 6) is -1.28. The summed E-state index contributed by atoms with van der Waals surface area (Å²) in [6.45, 7) is 2.77. The van der Waals surface area contributed by atoms with Gasteiger partial charge in [-0.05, 0) is 37.1 Å². The fraction of sp³-hybridized carbons (Fsp3) is 0.231. The molecule has 3 N–H and O–H groups in total. The monoisotopic (exact) mass is 346 g/mol. The molecule has 22 heavy (non-hydrogen) atoms. The van der Waals surface area contributed by atoms with Crippen molar-refractivity contribution in [1.29, 1.82) is 0 Å². The highest BCUT2D eigenvalue weighted by Gasteiger charge is 2.17. The number of hydrogen-bond acceptors (Lipinski definition) is 4. The van der Waals surface area contributed by atoms with Gasteiger partial charge in [0.25, 0.3) is 10.0 Å². The zero-order chi connectivity index (χ0) is 16.9. The zero-order valence-corrected chi connectivity index (χ0v) is 13.4. The number of carboxylic acids is 1. The van der Waals surface area contributed by atoms with Gasteiger partial charge in [0.1, 0.15) is 6.04 Å². The minimum Gasteiger partial charge on any atom is -0.480 e. The Labute approximate surface area is 133 Å². The first-order chi connectivity index (χ1) is 10.1. The fourth-order valence-corrected chi connectivity index (χ4v) is 2.56. The van der Waals surface area contributed by atoms with Crippen molar-refractivity contribution in [2.24, 2.45) is 0 Å². The van der Waals surface area contributed by atoms with E-state index in [4.69, 9.17) is 16.7 Å². The Balaban J connectivity index is 2.82. The molecule has 0 radical (unpaired) electrons. The summed E-state index contributed by atoms with van der Waals surface area (Å²) in [4.78, 5) is 22.0. The Morgan fingerprint density at radius 1 is 1.27 bits per heavy atom. The van der Waals surface area contributed by atoms with E-state index in [1.807, 2.05) is 5.32 Å². The predicted octanol–water partition coefficient (Wildman–Crippen LogP) is 1.80. The Bertz CT molecular complexity index is 698. The van der Waals surface area contributed by atoms with Gasteiger partial charge in [-0.25, -0.2) is 17.9 Å². The predicted molar refractivity (Wildman–Crippen MR) is 82.8 cm³/mol. The average molecular weight is 347 g/mol.